The lowest BCUT2D eigenvalue weighted by atomic mass is 9.90. The molecule has 0 spiro atoms. The average molecular weight is 283 g/mol. The molecule has 1 rings (SSSR count). The maximum Gasteiger partial charge on any atom is 0.330 e. The number of nitrogens with zero attached hydrogens (tertiary/aromatic N) is 2. The van der Waals surface area contributed by atoms with Crippen molar-refractivity contribution < 1.29 is 4.74 Å². The molecule has 0 aliphatic rings. The third-order valence-electron chi connectivity index (χ3n) is 3.52. The first-order chi connectivity index (χ1) is 9.28. The molecular weight excluding hydrogens is 258 g/mol. The van der Waals surface area contributed by atoms with Gasteiger partial charge in [-0.05, 0) is 11.8 Å². The van der Waals surface area contributed by atoms with E-state index in [0.717, 1.165) is 24.1 Å². The van der Waals surface area contributed by atoms with Crippen LogP contribution in [0.2, 0.25) is 0 Å². The van der Waals surface area contributed by atoms with Crippen LogP contribution in [0.4, 0.5) is 0 Å². The minimum Gasteiger partial charge on any atom is -0.385 e. The van der Waals surface area contributed by atoms with E-state index in [2.05, 4.69) is 19.2 Å². The molecular formula is C14H25N3O3. The Kier molecular flexibility index (Phi) is 5.71. The molecule has 1 aromatic rings. The van der Waals surface area contributed by atoms with E-state index in [0.29, 0.717) is 12.2 Å². The smallest absolute Gasteiger partial charge is 0.330 e. The third-order valence-corrected chi connectivity index (χ3v) is 3.52. The third kappa shape index (κ3) is 4.31. The van der Waals surface area contributed by atoms with E-state index in [4.69, 9.17) is 4.74 Å². The summed E-state index contributed by atoms with van der Waals surface area (Å²) in [6.07, 6.45) is 0.950. The highest BCUT2D eigenvalue weighted by molar-refractivity contribution is 5.01. The fourth-order valence-electron chi connectivity index (χ4n) is 1.94. The predicted molar refractivity (Wildman–Crippen MR) is 78.9 cm³/mol. The number of hydrogen-bond donors (Lipinski definition) is 1. The zero-order chi connectivity index (χ0) is 15.3. The molecule has 0 aromatic carbocycles. The number of methoxy groups -OCH3 is 1. The molecule has 1 N–H and O–H groups in total. The minimum atomic E-state index is -0.298. The predicted octanol–water partition coefficient (Wildman–Crippen LogP) is 0.236. The lowest BCUT2D eigenvalue weighted by Crippen LogP contribution is -2.39. The Hall–Kier alpha value is -1.40. The number of nitrogens with one attached hydrogen (secondary N) is 1. The van der Waals surface area contributed by atoms with Gasteiger partial charge in [-0.3, -0.25) is 13.9 Å². The van der Waals surface area contributed by atoms with Gasteiger partial charge in [0.25, 0.3) is 5.56 Å². The summed E-state index contributed by atoms with van der Waals surface area (Å²) in [6, 6.07) is 1.50. The number of rotatable bonds is 7. The van der Waals surface area contributed by atoms with Crippen molar-refractivity contribution in [3.8, 4) is 0 Å². The second kappa shape index (κ2) is 6.85. The van der Waals surface area contributed by atoms with E-state index < -0.39 is 0 Å². The Balaban J connectivity index is 2.68. The summed E-state index contributed by atoms with van der Waals surface area (Å²) in [7, 11) is 4.85. The highest BCUT2D eigenvalue weighted by atomic mass is 16.5. The van der Waals surface area contributed by atoms with Gasteiger partial charge in [0, 0.05) is 52.7 Å². The highest BCUT2D eigenvalue weighted by Gasteiger charge is 2.17. The molecule has 0 amide bonds. The van der Waals surface area contributed by atoms with Crippen molar-refractivity contribution in [2.45, 2.75) is 26.8 Å². The van der Waals surface area contributed by atoms with E-state index in [9.17, 15) is 9.59 Å². The van der Waals surface area contributed by atoms with Crippen LogP contribution in [0.3, 0.4) is 0 Å². The lowest BCUT2D eigenvalue weighted by molar-refractivity contribution is 0.150. The van der Waals surface area contributed by atoms with Gasteiger partial charge in [-0.25, -0.2) is 4.79 Å². The van der Waals surface area contributed by atoms with Gasteiger partial charge in [-0.15, -0.1) is 0 Å². The van der Waals surface area contributed by atoms with Gasteiger partial charge >= 0.3 is 5.69 Å². The van der Waals surface area contributed by atoms with Crippen LogP contribution in [0.5, 0.6) is 0 Å². The molecule has 6 heteroatoms. The number of hydrogen-bond acceptors (Lipinski definition) is 4. The quantitative estimate of drug-likeness (QED) is 0.778. The zero-order valence-electron chi connectivity index (χ0n) is 13.0. The van der Waals surface area contributed by atoms with E-state index in [-0.39, 0.29) is 16.7 Å². The van der Waals surface area contributed by atoms with Gasteiger partial charge in [0.15, 0.2) is 0 Å². The number of ether oxygens (including phenoxy) is 1. The standard InChI is InChI=1S/C14H25N3O3/c1-14(2,6-7-20-5)10-15-9-11-8-12(18)17(4)13(19)16(11)3/h8,15H,6-7,9-10H2,1-5H3. The Labute approximate surface area is 119 Å². The Morgan fingerprint density at radius 1 is 1.25 bits per heavy atom. The molecule has 0 fully saturated rings. The van der Waals surface area contributed by atoms with Crippen molar-refractivity contribution in [2.24, 2.45) is 19.5 Å². The molecule has 0 aliphatic carbocycles. The van der Waals surface area contributed by atoms with Gasteiger partial charge in [0.05, 0.1) is 0 Å². The maximum absolute atomic E-state index is 11.8. The summed E-state index contributed by atoms with van der Waals surface area (Å²) in [5.74, 6) is 0. The molecule has 0 radical (unpaired) electrons. The summed E-state index contributed by atoms with van der Waals surface area (Å²) in [6.45, 7) is 6.32. The summed E-state index contributed by atoms with van der Waals surface area (Å²) in [5, 5.41) is 3.30. The molecule has 0 unspecified atom stereocenters. The van der Waals surface area contributed by atoms with Crippen molar-refractivity contribution in [2.75, 3.05) is 20.3 Å². The highest BCUT2D eigenvalue weighted by Crippen LogP contribution is 2.18. The van der Waals surface area contributed by atoms with E-state index in [1.807, 2.05) is 0 Å². The van der Waals surface area contributed by atoms with Gasteiger partial charge < -0.3 is 10.1 Å². The summed E-state index contributed by atoms with van der Waals surface area (Å²) in [4.78, 5) is 23.4. The molecule has 20 heavy (non-hydrogen) atoms. The van der Waals surface area contributed by atoms with Crippen molar-refractivity contribution in [3.05, 3.63) is 32.6 Å². The Bertz CT molecular complexity index is 558. The van der Waals surface area contributed by atoms with Crippen molar-refractivity contribution in [3.63, 3.8) is 0 Å². The average Bonchev–Trinajstić information content (AvgIpc) is 2.39. The molecule has 0 atom stereocenters. The van der Waals surface area contributed by atoms with Crippen LogP contribution in [0, 0.1) is 5.41 Å². The largest absolute Gasteiger partial charge is 0.385 e. The SMILES string of the molecule is COCCC(C)(C)CNCc1cc(=O)n(C)c(=O)n1C. The fraction of sp³-hybridized carbons (Fsp3) is 0.714. The van der Waals surface area contributed by atoms with Crippen molar-refractivity contribution >= 4 is 0 Å². The van der Waals surface area contributed by atoms with E-state index in [1.54, 1.807) is 14.2 Å². The van der Waals surface area contributed by atoms with E-state index in [1.165, 1.54) is 17.7 Å². The summed E-state index contributed by atoms with van der Waals surface area (Å²) < 4.78 is 7.69. The van der Waals surface area contributed by atoms with Gasteiger partial charge in [0.1, 0.15) is 0 Å². The Morgan fingerprint density at radius 2 is 1.90 bits per heavy atom. The van der Waals surface area contributed by atoms with Crippen LogP contribution in [0.25, 0.3) is 0 Å². The van der Waals surface area contributed by atoms with E-state index >= 15 is 0 Å². The molecule has 1 heterocycles. The molecule has 6 nitrogen and oxygen atoms in total. The van der Waals surface area contributed by atoms with Crippen LogP contribution in [-0.4, -0.2) is 29.4 Å². The van der Waals surface area contributed by atoms with Crippen molar-refractivity contribution in [1.82, 2.24) is 14.5 Å². The molecule has 114 valence electrons. The van der Waals surface area contributed by atoms with Crippen LogP contribution < -0.4 is 16.6 Å². The van der Waals surface area contributed by atoms with Crippen molar-refractivity contribution in [1.29, 1.82) is 0 Å². The van der Waals surface area contributed by atoms with Crippen LogP contribution >= 0.6 is 0 Å². The first-order valence-corrected chi connectivity index (χ1v) is 6.74. The zero-order valence-corrected chi connectivity index (χ0v) is 13.0. The number of aromatic nitrogens is 2. The second-order valence-corrected chi connectivity index (χ2v) is 5.89. The molecule has 0 saturated carbocycles. The van der Waals surface area contributed by atoms with Gasteiger partial charge in [-0.2, -0.15) is 0 Å². The monoisotopic (exact) mass is 283 g/mol. The first kappa shape index (κ1) is 16.7. The minimum absolute atomic E-state index is 0.106. The summed E-state index contributed by atoms with van der Waals surface area (Å²) in [5.41, 5.74) is 0.228. The topological polar surface area (TPSA) is 65.3 Å². The Morgan fingerprint density at radius 3 is 2.50 bits per heavy atom. The second-order valence-electron chi connectivity index (χ2n) is 5.89. The molecule has 0 aliphatic heterocycles. The summed E-state index contributed by atoms with van der Waals surface area (Å²) >= 11 is 0. The first-order valence-electron chi connectivity index (χ1n) is 6.74. The fourth-order valence-corrected chi connectivity index (χ4v) is 1.94. The lowest BCUT2D eigenvalue weighted by Gasteiger charge is -2.25. The molecule has 1 aromatic heterocycles. The van der Waals surface area contributed by atoms with Crippen LogP contribution in [-0.2, 0) is 25.4 Å². The van der Waals surface area contributed by atoms with Gasteiger partial charge in [-0.1, -0.05) is 13.8 Å². The molecule has 0 bridgehead atoms. The van der Waals surface area contributed by atoms with Crippen LogP contribution in [0.1, 0.15) is 26.0 Å². The van der Waals surface area contributed by atoms with Gasteiger partial charge in [0.2, 0.25) is 0 Å². The maximum atomic E-state index is 11.8. The normalized spacial score (nSPS) is 11.8. The van der Waals surface area contributed by atoms with Crippen LogP contribution in [0.15, 0.2) is 15.7 Å². The molecule has 0 saturated heterocycles.